The molecule has 0 bridgehead atoms. The zero-order valence-corrected chi connectivity index (χ0v) is 18.0. The Hall–Kier alpha value is -1.60. The second kappa shape index (κ2) is 7.67. The van der Waals surface area contributed by atoms with Gasteiger partial charge >= 0.3 is 0 Å². The highest BCUT2D eigenvalue weighted by Crippen LogP contribution is 2.28. The third kappa shape index (κ3) is 3.66. The molecule has 2 fully saturated rings. The van der Waals surface area contributed by atoms with Crippen molar-refractivity contribution >= 4 is 16.0 Å². The van der Waals surface area contributed by atoms with Crippen LogP contribution in [0.1, 0.15) is 51.5 Å². The van der Waals surface area contributed by atoms with Crippen LogP contribution in [0.5, 0.6) is 0 Å². The molecule has 1 atom stereocenters. The van der Waals surface area contributed by atoms with E-state index in [1.54, 1.807) is 12.1 Å². The van der Waals surface area contributed by atoms with Crippen molar-refractivity contribution in [3.63, 3.8) is 0 Å². The standard InChI is InChI=1S/C21H32N4O2S/c1-16(2)18-7-9-20(10-8-18)28(26,27)25-15-17(3)22-21(25)24-13-11-23(12-14-24)19-5-4-6-19/h7-10,16-17,19H,4-6,11-15H2,1-3H3. The first kappa shape index (κ1) is 19.7. The largest absolute Gasteiger partial charge is 0.339 e. The molecule has 0 amide bonds. The summed E-state index contributed by atoms with van der Waals surface area (Å²) in [5, 5.41) is 0. The van der Waals surface area contributed by atoms with Gasteiger partial charge in [0.2, 0.25) is 5.96 Å². The predicted molar refractivity (Wildman–Crippen MR) is 112 cm³/mol. The Balaban J connectivity index is 1.51. The van der Waals surface area contributed by atoms with Gasteiger partial charge in [0.15, 0.2) is 0 Å². The van der Waals surface area contributed by atoms with Crippen molar-refractivity contribution in [1.82, 2.24) is 14.1 Å². The molecule has 7 heteroatoms. The molecule has 1 unspecified atom stereocenters. The second-order valence-electron chi connectivity index (χ2n) is 8.65. The van der Waals surface area contributed by atoms with Crippen LogP contribution in [-0.2, 0) is 10.0 Å². The van der Waals surface area contributed by atoms with Crippen molar-refractivity contribution in [2.24, 2.45) is 4.99 Å². The molecule has 0 radical (unpaired) electrons. The lowest BCUT2D eigenvalue weighted by Crippen LogP contribution is -2.56. The Kier molecular flexibility index (Phi) is 5.40. The van der Waals surface area contributed by atoms with Crippen molar-refractivity contribution in [1.29, 1.82) is 0 Å². The maximum atomic E-state index is 13.4. The third-order valence-electron chi connectivity index (χ3n) is 6.31. The Morgan fingerprint density at radius 3 is 2.21 bits per heavy atom. The van der Waals surface area contributed by atoms with Crippen molar-refractivity contribution in [2.75, 3.05) is 32.7 Å². The molecule has 4 rings (SSSR count). The van der Waals surface area contributed by atoms with Crippen molar-refractivity contribution in [3.8, 4) is 0 Å². The molecule has 0 spiro atoms. The summed E-state index contributed by atoms with van der Waals surface area (Å²) in [6, 6.07) is 8.05. The molecular weight excluding hydrogens is 372 g/mol. The number of benzene rings is 1. The summed E-state index contributed by atoms with van der Waals surface area (Å²) in [4.78, 5) is 9.78. The van der Waals surface area contributed by atoms with Gasteiger partial charge in [-0.05, 0) is 43.4 Å². The van der Waals surface area contributed by atoms with E-state index >= 15 is 0 Å². The van der Waals surface area contributed by atoms with E-state index in [1.807, 2.05) is 19.1 Å². The maximum Gasteiger partial charge on any atom is 0.266 e. The van der Waals surface area contributed by atoms with Gasteiger partial charge in [0.25, 0.3) is 10.0 Å². The first-order valence-corrected chi connectivity index (χ1v) is 12.0. The minimum atomic E-state index is -3.59. The van der Waals surface area contributed by atoms with E-state index < -0.39 is 10.0 Å². The highest BCUT2D eigenvalue weighted by molar-refractivity contribution is 7.89. The van der Waals surface area contributed by atoms with Gasteiger partial charge in [-0.3, -0.25) is 4.90 Å². The molecule has 6 nitrogen and oxygen atoms in total. The second-order valence-corrected chi connectivity index (χ2v) is 10.5. The highest BCUT2D eigenvalue weighted by atomic mass is 32.2. The van der Waals surface area contributed by atoms with Crippen LogP contribution in [0.15, 0.2) is 34.2 Å². The maximum absolute atomic E-state index is 13.4. The molecule has 3 aliphatic rings. The van der Waals surface area contributed by atoms with Crippen LogP contribution in [0.2, 0.25) is 0 Å². The molecule has 1 saturated carbocycles. The van der Waals surface area contributed by atoms with Gasteiger partial charge in [0.1, 0.15) is 0 Å². The quantitative estimate of drug-likeness (QED) is 0.774. The average Bonchev–Trinajstić information content (AvgIpc) is 3.04. The number of aliphatic imine (C=N–C) groups is 1. The Bertz CT molecular complexity index is 822. The van der Waals surface area contributed by atoms with Crippen molar-refractivity contribution in [2.45, 2.75) is 62.9 Å². The van der Waals surface area contributed by atoms with Gasteiger partial charge in [-0.15, -0.1) is 0 Å². The smallest absolute Gasteiger partial charge is 0.266 e. The van der Waals surface area contributed by atoms with Gasteiger partial charge in [-0.25, -0.2) is 17.7 Å². The summed E-state index contributed by atoms with van der Waals surface area (Å²) < 4.78 is 28.2. The van der Waals surface area contributed by atoms with Crippen LogP contribution in [0.4, 0.5) is 0 Å². The summed E-state index contributed by atoms with van der Waals surface area (Å²) in [6.07, 6.45) is 3.96. The number of sulfonamides is 1. The van der Waals surface area contributed by atoms with Gasteiger partial charge in [-0.1, -0.05) is 32.4 Å². The van der Waals surface area contributed by atoms with Gasteiger partial charge in [0.05, 0.1) is 17.5 Å². The van der Waals surface area contributed by atoms with Crippen LogP contribution in [0.3, 0.4) is 0 Å². The van der Waals surface area contributed by atoms with Crippen LogP contribution in [0.25, 0.3) is 0 Å². The molecule has 28 heavy (non-hydrogen) atoms. The molecule has 2 heterocycles. The summed E-state index contributed by atoms with van der Waals surface area (Å²) in [6.45, 7) is 10.3. The van der Waals surface area contributed by atoms with Crippen LogP contribution in [0, 0.1) is 0 Å². The van der Waals surface area contributed by atoms with Gasteiger partial charge in [0, 0.05) is 32.2 Å². The predicted octanol–water partition coefficient (Wildman–Crippen LogP) is 2.73. The Morgan fingerprint density at radius 1 is 1.04 bits per heavy atom. The highest BCUT2D eigenvalue weighted by Gasteiger charge is 2.38. The van der Waals surface area contributed by atoms with E-state index in [4.69, 9.17) is 4.99 Å². The minimum absolute atomic E-state index is 0.00984. The van der Waals surface area contributed by atoms with E-state index in [-0.39, 0.29) is 6.04 Å². The lowest BCUT2D eigenvalue weighted by molar-refractivity contribution is 0.0833. The van der Waals surface area contributed by atoms with Crippen molar-refractivity contribution in [3.05, 3.63) is 29.8 Å². The van der Waals surface area contributed by atoms with Crippen LogP contribution < -0.4 is 0 Å². The Morgan fingerprint density at radius 2 is 1.68 bits per heavy atom. The zero-order chi connectivity index (χ0) is 19.9. The van der Waals surface area contributed by atoms with Crippen LogP contribution in [-0.4, -0.2) is 73.3 Å². The summed E-state index contributed by atoms with van der Waals surface area (Å²) >= 11 is 0. The molecule has 1 aromatic rings. The molecule has 1 saturated heterocycles. The Labute approximate surface area is 169 Å². The summed E-state index contributed by atoms with van der Waals surface area (Å²) in [7, 11) is -3.59. The van der Waals surface area contributed by atoms with Gasteiger partial charge < -0.3 is 4.90 Å². The average molecular weight is 405 g/mol. The lowest BCUT2D eigenvalue weighted by atomic mass is 9.91. The molecule has 0 aromatic heterocycles. The van der Waals surface area contributed by atoms with Gasteiger partial charge in [-0.2, -0.15) is 0 Å². The van der Waals surface area contributed by atoms with E-state index in [9.17, 15) is 8.42 Å². The minimum Gasteiger partial charge on any atom is -0.339 e. The van der Waals surface area contributed by atoms with E-state index in [2.05, 4.69) is 23.6 Å². The monoisotopic (exact) mass is 404 g/mol. The molecule has 2 aliphatic heterocycles. The number of piperazine rings is 1. The first-order chi connectivity index (χ1) is 13.4. The van der Waals surface area contributed by atoms with E-state index in [1.165, 1.54) is 23.6 Å². The van der Waals surface area contributed by atoms with Crippen LogP contribution >= 0.6 is 0 Å². The molecule has 1 aliphatic carbocycles. The lowest BCUT2D eigenvalue weighted by Gasteiger charge is -2.44. The fourth-order valence-electron chi connectivity index (χ4n) is 4.26. The first-order valence-electron chi connectivity index (χ1n) is 10.6. The molecule has 1 aromatic carbocycles. The van der Waals surface area contributed by atoms with E-state index in [0.29, 0.717) is 23.3 Å². The van der Waals surface area contributed by atoms with E-state index in [0.717, 1.165) is 37.8 Å². The molecular formula is C21H32N4O2S. The fourth-order valence-corrected chi connectivity index (χ4v) is 5.78. The third-order valence-corrected chi connectivity index (χ3v) is 8.07. The normalized spacial score (nSPS) is 24.6. The fraction of sp³-hybridized carbons (Fsp3) is 0.667. The zero-order valence-electron chi connectivity index (χ0n) is 17.2. The summed E-state index contributed by atoms with van der Waals surface area (Å²) in [5.74, 6) is 1.02. The number of hydrogen-bond acceptors (Lipinski definition) is 5. The molecule has 0 N–H and O–H groups in total. The number of nitrogens with zero attached hydrogens (tertiary/aromatic N) is 4. The number of rotatable bonds is 4. The number of hydrogen-bond donors (Lipinski definition) is 0. The van der Waals surface area contributed by atoms with Crippen molar-refractivity contribution < 1.29 is 8.42 Å². The molecule has 154 valence electrons. The SMILES string of the molecule is CC1CN(S(=O)(=O)c2ccc(C(C)C)cc2)C(N2CCN(C3CCC3)CC2)=N1. The summed E-state index contributed by atoms with van der Waals surface area (Å²) in [5.41, 5.74) is 1.15. The topological polar surface area (TPSA) is 56.2 Å². The number of guanidine groups is 1.